The second-order valence-electron chi connectivity index (χ2n) is 4.30. The summed E-state index contributed by atoms with van der Waals surface area (Å²) in [6, 6.07) is 5.62. The molecule has 0 amide bonds. The van der Waals surface area contributed by atoms with E-state index in [9.17, 15) is 0 Å². The molecule has 0 spiro atoms. The van der Waals surface area contributed by atoms with Crippen LogP contribution < -0.4 is 5.32 Å². The molecule has 2 nitrogen and oxygen atoms in total. The van der Waals surface area contributed by atoms with E-state index < -0.39 is 0 Å². The fourth-order valence-electron chi connectivity index (χ4n) is 2.03. The van der Waals surface area contributed by atoms with Gasteiger partial charge in [-0.2, -0.15) is 0 Å². The third-order valence-corrected chi connectivity index (χ3v) is 3.45. The number of ether oxygens (including phenoxy) is 1. The fraction of sp³-hybridized carbons (Fsp3) is 0.429. The van der Waals surface area contributed by atoms with Crippen molar-refractivity contribution in [2.45, 2.75) is 25.8 Å². The van der Waals surface area contributed by atoms with E-state index in [1.54, 1.807) is 6.07 Å². The summed E-state index contributed by atoms with van der Waals surface area (Å²) in [7, 11) is 0. The summed E-state index contributed by atoms with van der Waals surface area (Å²) in [5.74, 6) is 0.965. The van der Waals surface area contributed by atoms with Crippen LogP contribution in [0.1, 0.15) is 31.4 Å². The number of nitrogens with one attached hydrogen (secondary N) is 1. The molecule has 1 aliphatic rings. The zero-order valence-electron chi connectivity index (χ0n) is 10.4. The lowest BCUT2D eigenvalue weighted by atomic mass is 10.0. The average Bonchev–Trinajstić information content (AvgIpc) is 2.85. The minimum absolute atomic E-state index is 0.0252. The van der Waals surface area contributed by atoms with Gasteiger partial charge >= 0.3 is 0 Å². The Balaban J connectivity index is 2.26. The standard InChI is InChI=1S/C14H17Cl2NO/c1-2-7-17-14(13-4-3-8-18-13)11-6-5-10(15)9-12(11)16/h4-6,9,14,17H,2-3,7-8H2,1H3. The normalized spacial score (nSPS) is 16.3. The van der Waals surface area contributed by atoms with Crippen LogP contribution in [0.3, 0.4) is 0 Å². The van der Waals surface area contributed by atoms with Gasteiger partial charge in [-0.1, -0.05) is 36.2 Å². The highest BCUT2D eigenvalue weighted by molar-refractivity contribution is 6.35. The van der Waals surface area contributed by atoms with Gasteiger partial charge in [0.2, 0.25) is 0 Å². The lowest BCUT2D eigenvalue weighted by molar-refractivity contribution is 0.215. The molecule has 18 heavy (non-hydrogen) atoms. The SMILES string of the molecule is CCCNC(C1=CCCO1)c1ccc(Cl)cc1Cl. The van der Waals surface area contributed by atoms with Crippen LogP contribution in [-0.2, 0) is 4.74 Å². The van der Waals surface area contributed by atoms with Crippen LogP contribution in [0, 0.1) is 0 Å². The van der Waals surface area contributed by atoms with Crippen molar-refractivity contribution in [3.05, 3.63) is 45.6 Å². The van der Waals surface area contributed by atoms with E-state index in [1.807, 2.05) is 12.1 Å². The molecule has 1 heterocycles. The summed E-state index contributed by atoms with van der Waals surface area (Å²) < 4.78 is 5.66. The predicted octanol–water partition coefficient (Wildman–Crippen LogP) is 4.34. The van der Waals surface area contributed by atoms with Gasteiger partial charge in [-0.15, -0.1) is 0 Å². The summed E-state index contributed by atoms with van der Waals surface area (Å²) in [6.45, 7) is 3.81. The number of benzene rings is 1. The molecule has 0 aliphatic carbocycles. The van der Waals surface area contributed by atoms with E-state index in [1.165, 1.54) is 0 Å². The molecule has 1 atom stereocenters. The van der Waals surface area contributed by atoms with Crippen molar-refractivity contribution in [2.75, 3.05) is 13.2 Å². The van der Waals surface area contributed by atoms with Crippen LogP contribution in [0.15, 0.2) is 30.0 Å². The third kappa shape index (κ3) is 3.19. The van der Waals surface area contributed by atoms with Gasteiger partial charge in [-0.25, -0.2) is 0 Å². The Morgan fingerprint density at radius 1 is 1.39 bits per heavy atom. The molecule has 1 aromatic rings. The van der Waals surface area contributed by atoms with E-state index >= 15 is 0 Å². The van der Waals surface area contributed by atoms with Crippen LogP contribution in [0.5, 0.6) is 0 Å². The lowest BCUT2D eigenvalue weighted by Gasteiger charge is -2.21. The first-order valence-electron chi connectivity index (χ1n) is 6.23. The molecule has 98 valence electrons. The maximum Gasteiger partial charge on any atom is 0.114 e. The Morgan fingerprint density at radius 3 is 2.83 bits per heavy atom. The Bertz CT molecular complexity index is 445. The molecule has 1 unspecified atom stereocenters. The van der Waals surface area contributed by atoms with Gasteiger partial charge in [-0.05, 0) is 36.7 Å². The molecule has 2 rings (SSSR count). The summed E-state index contributed by atoms with van der Waals surface area (Å²) in [5.41, 5.74) is 1.02. The van der Waals surface area contributed by atoms with Crippen molar-refractivity contribution < 1.29 is 4.74 Å². The van der Waals surface area contributed by atoms with Gasteiger partial charge in [0.1, 0.15) is 5.76 Å². The van der Waals surface area contributed by atoms with Gasteiger partial charge in [0.05, 0.1) is 12.6 Å². The molecule has 4 heteroatoms. The van der Waals surface area contributed by atoms with Crippen LogP contribution in [0.4, 0.5) is 0 Å². The summed E-state index contributed by atoms with van der Waals surface area (Å²) in [4.78, 5) is 0. The zero-order chi connectivity index (χ0) is 13.0. The summed E-state index contributed by atoms with van der Waals surface area (Å²) >= 11 is 12.2. The van der Waals surface area contributed by atoms with Gasteiger partial charge in [-0.3, -0.25) is 0 Å². The van der Waals surface area contributed by atoms with Gasteiger partial charge in [0.15, 0.2) is 0 Å². The molecule has 1 aromatic carbocycles. The van der Waals surface area contributed by atoms with Gasteiger partial charge in [0.25, 0.3) is 0 Å². The lowest BCUT2D eigenvalue weighted by Crippen LogP contribution is -2.24. The molecule has 0 saturated heterocycles. The Hall–Kier alpha value is -0.700. The Labute approximate surface area is 118 Å². The molecule has 0 bridgehead atoms. The van der Waals surface area contributed by atoms with Crippen LogP contribution in [0.2, 0.25) is 10.0 Å². The van der Waals surface area contributed by atoms with Gasteiger partial charge in [0, 0.05) is 16.5 Å². The van der Waals surface area contributed by atoms with E-state index in [2.05, 4.69) is 18.3 Å². The van der Waals surface area contributed by atoms with Crippen LogP contribution >= 0.6 is 23.2 Å². The zero-order valence-corrected chi connectivity index (χ0v) is 11.9. The largest absolute Gasteiger partial charge is 0.496 e. The number of hydrogen-bond donors (Lipinski definition) is 1. The minimum atomic E-state index is 0.0252. The Morgan fingerprint density at radius 2 is 2.22 bits per heavy atom. The molecular weight excluding hydrogens is 269 g/mol. The molecular formula is C14H17Cl2NO. The monoisotopic (exact) mass is 285 g/mol. The van der Waals surface area contributed by atoms with Crippen molar-refractivity contribution in [2.24, 2.45) is 0 Å². The summed E-state index contributed by atoms with van der Waals surface area (Å²) in [6.07, 6.45) is 4.15. The molecule has 0 radical (unpaired) electrons. The van der Waals surface area contributed by atoms with Crippen molar-refractivity contribution in [3.8, 4) is 0 Å². The Kier molecular flexibility index (Phi) is 4.93. The van der Waals surface area contributed by atoms with Crippen molar-refractivity contribution in [1.29, 1.82) is 0 Å². The minimum Gasteiger partial charge on any atom is -0.496 e. The highest BCUT2D eigenvalue weighted by Crippen LogP contribution is 2.32. The highest BCUT2D eigenvalue weighted by Gasteiger charge is 2.22. The van der Waals surface area contributed by atoms with Crippen molar-refractivity contribution in [3.63, 3.8) is 0 Å². The first-order valence-corrected chi connectivity index (χ1v) is 6.99. The second kappa shape index (κ2) is 6.46. The highest BCUT2D eigenvalue weighted by atomic mass is 35.5. The number of hydrogen-bond acceptors (Lipinski definition) is 2. The van der Waals surface area contributed by atoms with Crippen molar-refractivity contribution in [1.82, 2.24) is 5.32 Å². The smallest absolute Gasteiger partial charge is 0.114 e. The molecule has 1 N–H and O–H groups in total. The van der Waals surface area contributed by atoms with Gasteiger partial charge < -0.3 is 10.1 Å². The van der Waals surface area contributed by atoms with E-state index in [0.29, 0.717) is 10.0 Å². The molecule has 1 aliphatic heterocycles. The number of rotatable bonds is 5. The first kappa shape index (κ1) is 13.7. The number of halogens is 2. The fourth-order valence-corrected chi connectivity index (χ4v) is 2.54. The van der Waals surface area contributed by atoms with Crippen LogP contribution in [0.25, 0.3) is 0 Å². The molecule has 0 fully saturated rings. The van der Waals surface area contributed by atoms with Crippen LogP contribution in [-0.4, -0.2) is 13.2 Å². The quantitative estimate of drug-likeness (QED) is 0.869. The maximum atomic E-state index is 6.27. The maximum absolute atomic E-state index is 6.27. The van der Waals surface area contributed by atoms with E-state index in [0.717, 1.165) is 37.3 Å². The topological polar surface area (TPSA) is 21.3 Å². The predicted molar refractivity (Wildman–Crippen MR) is 76.1 cm³/mol. The summed E-state index contributed by atoms with van der Waals surface area (Å²) in [5, 5.41) is 4.79. The van der Waals surface area contributed by atoms with E-state index in [-0.39, 0.29) is 6.04 Å². The second-order valence-corrected chi connectivity index (χ2v) is 5.14. The third-order valence-electron chi connectivity index (χ3n) is 2.89. The molecule has 0 saturated carbocycles. The van der Waals surface area contributed by atoms with E-state index in [4.69, 9.17) is 27.9 Å². The average molecular weight is 286 g/mol. The molecule has 0 aromatic heterocycles. The first-order chi connectivity index (χ1) is 8.72. The van der Waals surface area contributed by atoms with Crippen molar-refractivity contribution >= 4 is 23.2 Å².